The van der Waals surface area contributed by atoms with E-state index in [0.717, 1.165) is 35.1 Å². The van der Waals surface area contributed by atoms with Gasteiger partial charge in [-0.1, -0.05) is 110 Å². The molecule has 5 nitrogen and oxygen atoms in total. The van der Waals surface area contributed by atoms with Gasteiger partial charge in [0.15, 0.2) is 6.10 Å². The first-order chi connectivity index (χ1) is 24.1. The van der Waals surface area contributed by atoms with Crippen LogP contribution in [0.1, 0.15) is 88.0 Å². The van der Waals surface area contributed by atoms with Crippen molar-refractivity contribution in [2.24, 2.45) is 0 Å². The van der Waals surface area contributed by atoms with E-state index >= 15 is 13.2 Å². The fourth-order valence-electron chi connectivity index (χ4n) is 7.04. The summed E-state index contributed by atoms with van der Waals surface area (Å²) in [5, 5.41) is 1.29. The molecule has 10 heteroatoms. The average Bonchev–Trinajstić information content (AvgIpc) is 3.43. The summed E-state index contributed by atoms with van der Waals surface area (Å²) < 4.78 is 76.9. The molecule has 1 fully saturated rings. The van der Waals surface area contributed by atoms with Crippen molar-refractivity contribution in [2.75, 3.05) is 20.4 Å². The molecule has 5 aromatic rings. The van der Waals surface area contributed by atoms with Gasteiger partial charge in [0.05, 0.1) is 14.2 Å². The van der Waals surface area contributed by atoms with Gasteiger partial charge in [-0.15, -0.1) is 0 Å². The maximum absolute atomic E-state index is 15.4. The van der Waals surface area contributed by atoms with Gasteiger partial charge in [0.25, 0.3) is 0 Å². The van der Waals surface area contributed by atoms with E-state index in [0.29, 0.717) is 33.4 Å². The van der Waals surface area contributed by atoms with Crippen molar-refractivity contribution in [1.82, 2.24) is 0 Å². The Kier molecular flexibility index (Phi) is 10.6. The van der Waals surface area contributed by atoms with E-state index in [1.807, 2.05) is 126 Å². The molecular formula is C41H47F3O5P2. The highest BCUT2D eigenvalue weighted by molar-refractivity contribution is 7.58. The van der Waals surface area contributed by atoms with Crippen molar-refractivity contribution in [3.05, 3.63) is 107 Å². The number of methoxy groups -OCH3 is 2. The van der Waals surface area contributed by atoms with Crippen LogP contribution in [0.25, 0.3) is 21.9 Å². The Labute approximate surface area is 300 Å². The van der Waals surface area contributed by atoms with Crippen molar-refractivity contribution in [3.8, 4) is 11.5 Å². The molecule has 1 aromatic heterocycles. The summed E-state index contributed by atoms with van der Waals surface area (Å²) in [6, 6.07) is 27.3. The molecule has 6 rings (SSSR count). The van der Waals surface area contributed by atoms with Crippen molar-refractivity contribution < 1.29 is 35.6 Å². The van der Waals surface area contributed by atoms with E-state index in [2.05, 4.69) is 0 Å². The number of alkyl halides is 3. The van der Waals surface area contributed by atoms with Crippen LogP contribution in [-0.4, -0.2) is 32.7 Å². The Morgan fingerprint density at radius 1 is 0.667 bits per heavy atom. The molecule has 0 radical (unpaired) electrons. The number of ether oxygens (including phenoxy) is 2. The third-order valence-electron chi connectivity index (χ3n) is 9.67. The standard InChI is InChI=1S/C41H47F3O5P2/c1-39(2,3)32-23-28(45-7)21-30-31-22-29(46-8)24-33(40(4,5)6)38(31)49-51(48-37(30)32)47-36(41(42,43)44)25-50-34(26-15-11-9-12-16-26)19-20-35(50)27-17-13-10-14-18-27/h9-18,21-24,34-36H,19-20,25H2,1-8H3/t34-,35-,36+/m1/s1. The van der Waals surface area contributed by atoms with Gasteiger partial charge in [-0.25, -0.2) is 0 Å². The van der Waals surface area contributed by atoms with Gasteiger partial charge in [0, 0.05) is 39.4 Å². The zero-order valence-corrected chi connectivity index (χ0v) is 32.3. The number of hydrogen-bond acceptors (Lipinski definition) is 5. The third kappa shape index (κ3) is 7.99. The van der Waals surface area contributed by atoms with Gasteiger partial charge < -0.3 is 17.9 Å². The Hall–Kier alpha value is -3.44. The summed E-state index contributed by atoms with van der Waals surface area (Å²) in [6.07, 6.45) is -5.32. The zero-order valence-electron chi connectivity index (χ0n) is 30.5. The lowest BCUT2D eigenvalue weighted by atomic mass is 9.84. The molecule has 4 aromatic carbocycles. The second kappa shape index (κ2) is 14.5. The summed E-state index contributed by atoms with van der Waals surface area (Å²) in [5.74, 6) is 1.19. The minimum absolute atomic E-state index is 0.00460. The third-order valence-corrected chi connectivity index (χ3v) is 14.2. The van der Waals surface area contributed by atoms with Crippen molar-refractivity contribution >= 4 is 38.1 Å². The SMILES string of the molecule is COc1cc(C(C)(C)C)c2op(O[C@@H](CP3[C@@H](c4ccccc4)CC[C@@H]3c3ccccc3)C(F)(F)F)oc3c(C(C)(C)C)cc(OC)cc3c2c1. The number of benzene rings is 4. The van der Waals surface area contributed by atoms with E-state index in [-0.39, 0.29) is 17.5 Å². The molecule has 0 amide bonds. The minimum atomic E-state index is -4.67. The second-order valence-electron chi connectivity index (χ2n) is 15.3. The lowest BCUT2D eigenvalue weighted by Crippen LogP contribution is -2.36. The van der Waals surface area contributed by atoms with E-state index in [1.165, 1.54) is 0 Å². The number of halogens is 3. The zero-order chi connectivity index (χ0) is 36.7. The van der Waals surface area contributed by atoms with Gasteiger partial charge in [-0.3, -0.25) is 4.52 Å². The molecule has 0 spiro atoms. The van der Waals surface area contributed by atoms with Crippen LogP contribution in [0.15, 0.2) is 93.3 Å². The normalized spacial score (nSPS) is 17.9. The summed E-state index contributed by atoms with van der Waals surface area (Å²) in [5.41, 5.74) is 3.60. The predicted molar refractivity (Wildman–Crippen MR) is 203 cm³/mol. The van der Waals surface area contributed by atoms with Crippen LogP contribution in [0, 0.1) is 0 Å². The predicted octanol–water partition coefficient (Wildman–Crippen LogP) is 13.0. The first-order valence-corrected chi connectivity index (χ1v) is 20.0. The molecule has 0 bridgehead atoms. The lowest BCUT2D eigenvalue weighted by molar-refractivity contribution is -0.179. The first kappa shape index (κ1) is 37.3. The highest BCUT2D eigenvalue weighted by Crippen LogP contribution is 2.71. The molecule has 2 heterocycles. The molecule has 3 atom stereocenters. The molecule has 0 unspecified atom stereocenters. The van der Waals surface area contributed by atoms with E-state index < -0.39 is 39.3 Å². The number of rotatable bonds is 8. The maximum Gasteiger partial charge on any atom is 0.416 e. The summed E-state index contributed by atoms with van der Waals surface area (Å²) >= 11 is 0. The van der Waals surface area contributed by atoms with Crippen LogP contribution in [0.3, 0.4) is 0 Å². The van der Waals surface area contributed by atoms with Crippen LogP contribution in [0.2, 0.25) is 0 Å². The highest BCUT2D eigenvalue weighted by Gasteiger charge is 2.48. The van der Waals surface area contributed by atoms with E-state index in [9.17, 15) is 0 Å². The summed E-state index contributed by atoms with van der Waals surface area (Å²) in [6.45, 7) is 12.2. The van der Waals surface area contributed by atoms with Crippen LogP contribution in [0.5, 0.6) is 11.5 Å². The van der Waals surface area contributed by atoms with E-state index in [1.54, 1.807) is 14.2 Å². The molecule has 0 aliphatic carbocycles. The Balaban J connectivity index is 1.57. The molecular weight excluding hydrogens is 691 g/mol. The highest BCUT2D eigenvalue weighted by atomic mass is 31.1. The lowest BCUT2D eigenvalue weighted by Gasteiger charge is -2.30. The average molecular weight is 739 g/mol. The quantitative estimate of drug-likeness (QED) is 0.148. The van der Waals surface area contributed by atoms with Crippen LogP contribution in [0.4, 0.5) is 13.2 Å². The Morgan fingerprint density at radius 3 is 1.43 bits per heavy atom. The Bertz CT molecular complexity index is 1880. The van der Waals surface area contributed by atoms with Gasteiger partial charge in [-0.2, -0.15) is 13.2 Å². The van der Waals surface area contributed by atoms with Gasteiger partial charge in [0.2, 0.25) is 0 Å². The summed E-state index contributed by atoms with van der Waals surface area (Å²) in [7, 11) is -0.601. The van der Waals surface area contributed by atoms with Crippen LogP contribution in [-0.2, 0) is 10.8 Å². The van der Waals surface area contributed by atoms with Crippen molar-refractivity contribution in [1.29, 1.82) is 0 Å². The van der Waals surface area contributed by atoms with Crippen molar-refractivity contribution in [3.63, 3.8) is 0 Å². The van der Waals surface area contributed by atoms with Gasteiger partial charge in [0.1, 0.15) is 22.7 Å². The van der Waals surface area contributed by atoms with Crippen LogP contribution < -0.4 is 14.0 Å². The van der Waals surface area contributed by atoms with Gasteiger partial charge in [-0.05, 0) is 59.1 Å². The van der Waals surface area contributed by atoms with Crippen LogP contribution >= 0.6 is 16.2 Å². The first-order valence-electron chi connectivity index (χ1n) is 17.3. The molecule has 0 N–H and O–H groups in total. The minimum Gasteiger partial charge on any atom is -0.497 e. The number of hydrogen-bond donors (Lipinski definition) is 0. The fourth-order valence-corrected chi connectivity index (χ4v) is 12.1. The molecule has 1 aliphatic rings. The fraction of sp³-hybridized carbons (Fsp3) is 0.415. The largest absolute Gasteiger partial charge is 0.497 e. The van der Waals surface area contributed by atoms with Gasteiger partial charge >= 0.3 is 14.4 Å². The molecule has 51 heavy (non-hydrogen) atoms. The molecule has 1 aliphatic heterocycles. The molecule has 1 saturated heterocycles. The topological polar surface area (TPSA) is 54.0 Å². The Morgan fingerprint density at radius 2 is 1.08 bits per heavy atom. The van der Waals surface area contributed by atoms with Crippen molar-refractivity contribution in [2.45, 2.75) is 88.8 Å². The summed E-state index contributed by atoms with van der Waals surface area (Å²) in [4.78, 5) is 0. The second-order valence-corrected chi connectivity index (χ2v) is 18.9. The molecule has 0 saturated carbocycles. The van der Waals surface area contributed by atoms with E-state index in [4.69, 9.17) is 22.4 Å². The maximum atomic E-state index is 15.4. The smallest absolute Gasteiger partial charge is 0.416 e. The number of fused-ring (bicyclic) bond motifs is 3. The monoisotopic (exact) mass is 738 g/mol. The molecule has 272 valence electrons.